The molecule has 1 aliphatic rings. The third kappa shape index (κ3) is 3.81. The van der Waals surface area contributed by atoms with E-state index in [1.165, 1.54) is 0 Å². The monoisotopic (exact) mass is 233 g/mol. The molecule has 4 nitrogen and oxygen atoms in total. The van der Waals surface area contributed by atoms with Crippen LogP contribution in [0.15, 0.2) is 0 Å². The molecule has 1 aliphatic carbocycles. The molecule has 15 heavy (non-hydrogen) atoms. The topological polar surface area (TPSA) is 63.2 Å². The van der Waals surface area contributed by atoms with Crippen LogP contribution in [0.1, 0.15) is 33.6 Å². The smallest absolute Gasteiger partial charge is 0.236 e. The van der Waals surface area contributed by atoms with Crippen LogP contribution in [-0.2, 0) is 14.8 Å². The Morgan fingerprint density at radius 1 is 1.53 bits per heavy atom. The van der Waals surface area contributed by atoms with Gasteiger partial charge in [-0.3, -0.25) is 9.52 Å². The van der Waals surface area contributed by atoms with E-state index >= 15 is 0 Å². The van der Waals surface area contributed by atoms with Crippen LogP contribution in [0.2, 0.25) is 0 Å². The molecule has 0 radical (unpaired) electrons. The number of hydrogen-bond donors (Lipinski definition) is 1. The van der Waals surface area contributed by atoms with E-state index in [0.29, 0.717) is 5.92 Å². The summed E-state index contributed by atoms with van der Waals surface area (Å²) in [6, 6.07) is 0. The number of amides is 1. The molecular weight excluding hydrogens is 214 g/mol. The fourth-order valence-electron chi connectivity index (χ4n) is 1.45. The van der Waals surface area contributed by atoms with Crippen LogP contribution in [0.5, 0.6) is 0 Å². The molecule has 0 aromatic heterocycles. The highest BCUT2D eigenvalue weighted by atomic mass is 32.2. The summed E-state index contributed by atoms with van der Waals surface area (Å²) in [6.45, 7) is 5.75. The summed E-state index contributed by atoms with van der Waals surface area (Å²) < 4.78 is 25.2. The first kappa shape index (κ1) is 12.5. The minimum absolute atomic E-state index is 0.0380. The van der Waals surface area contributed by atoms with E-state index in [4.69, 9.17) is 0 Å². The Hall–Kier alpha value is -0.580. The minimum Gasteiger partial charge on any atom is -0.274 e. The van der Waals surface area contributed by atoms with Gasteiger partial charge < -0.3 is 0 Å². The SMILES string of the molecule is CC[C@H](C)CS(=O)(=O)NC(=O)[C@H]1C[C@H]1C. The molecule has 3 atom stereocenters. The van der Waals surface area contributed by atoms with Gasteiger partial charge in [0.2, 0.25) is 15.9 Å². The molecule has 0 saturated heterocycles. The average molecular weight is 233 g/mol. The third-order valence-corrected chi connectivity index (χ3v) is 4.42. The number of nitrogens with one attached hydrogen (secondary N) is 1. The number of sulfonamides is 1. The van der Waals surface area contributed by atoms with Crippen molar-refractivity contribution >= 4 is 15.9 Å². The van der Waals surface area contributed by atoms with Crippen LogP contribution in [0.25, 0.3) is 0 Å². The molecule has 1 N–H and O–H groups in total. The highest BCUT2D eigenvalue weighted by Gasteiger charge is 2.40. The maximum absolute atomic E-state index is 11.5. The second-order valence-electron chi connectivity index (χ2n) is 4.58. The summed E-state index contributed by atoms with van der Waals surface area (Å²) in [5, 5.41) is 0. The van der Waals surface area contributed by atoms with E-state index in [2.05, 4.69) is 4.72 Å². The molecule has 0 spiro atoms. The summed E-state index contributed by atoms with van der Waals surface area (Å²) in [5.74, 6) is 0.0503. The largest absolute Gasteiger partial charge is 0.274 e. The molecule has 1 saturated carbocycles. The van der Waals surface area contributed by atoms with Crippen LogP contribution in [-0.4, -0.2) is 20.1 Å². The normalized spacial score (nSPS) is 27.1. The van der Waals surface area contributed by atoms with Gasteiger partial charge in [-0.2, -0.15) is 0 Å². The predicted octanol–water partition coefficient (Wildman–Crippen LogP) is 1.13. The lowest BCUT2D eigenvalue weighted by Crippen LogP contribution is -2.35. The Morgan fingerprint density at radius 3 is 2.47 bits per heavy atom. The predicted molar refractivity (Wildman–Crippen MR) is 58.7 cm³/mol. The van der Waals surface area contributed by atoms with Crippen molar-refractivity contribution in [3.05, 3.63) is 0 Å². The summed E-state index contributed by atoms with van der Waals surface area (Å²) in [4.78, 5) is 11.4. The minimum atomic E-state index is -3.42. The van der Waals surface area contributed by atoms with E-state index in [-0.39, 0.29) is 23.5 Å². The number of rotatable bonds is 5. The molecule has 0 heterocycles. The fraction of sp³-hybridized carbons (Fsp3) is 0.900. The van der Waals surface area contributed by atoms with Crippen LogP contribution >= 0.6 is 0 Å². The standard InChI is InChI=1S/C10H19NO3S/c1-4-7(2)6-15(13,14)11-10(12)9-5-8(9)3/h7-9H,4-6H2,1-3H3,(H,11,12)/t7-,8+,9-/m0/s1. The molecule has 1 fully saturated rings. The molecule has 1 rings (SSSR count). The Labute approximate surface area is 91.5 Å². The lowest BCUT2D eigenvalue weighted by Gasteiger charge is -2.10. The maximum Gasteiger partial charge on any atom is 0.236 e. The van der Waals surface area contributed by atoms with Gasteiger partial charge in [0.25, 0.3) is 0 Å². The van der Waals surface area contributed by atoms with Crippen LogP contribution in [0.4, 0.5) is 0 Å². The average Bonchev–Trinajstić information content (AvgIpc) is 2.80. The molecule has 1 amide bonds. The van der Waals surface area contributed by atoms with Crippen molar-refractivity contribution in [3.8, 4) is 0 Å². The zero-order valence-electron chi connectivity index (χ0n) is 9.49. The number of hydrogen-bond acceptors (Lipinski definition) is 3. The van der Waals surface area contributed by atoms with Crippen LogP contribution < -0.4 is 4.72 Å². The maximum atomic E-state index is 11.5. The molecule has 0 aromatic carbocycles. The van der Waals surface area contributed by atoms with Crippen molar-refractivity contribution in [2.24, 2.45) is 17.8 Å². The Kier molecular flexibility index (Phi) is 3.76. The highest BCUT2D eigenvalue weighted by Crippen LogP contribution is 2.37. The van der Waals surface area contributed by atoms with Crippen LogP contribution in [0, 0.1) is 17.8 Å². The first-order valence-corrected chi connectivity index (χ1v) is 7.05. The summed E-state index contributed by atoms with van der Waals surface area (Å²) >= 11 is 0. The van der Waals surface area contributed by atoms with Crippen molar-refractivity contribution in [2.75, 3.05) is 5.75 Å². The number of carbonyl (C=O) groups is 1. The zero-order valence-corrected chi connectivity index (χ0v) is 10.3. The van der Waals surface area contributed by atoms with Gasteiger partial charge in [-0.1, -0.05) is 27.2 Å². The van der Waals surface area contributed by atoms with E-state index in [9.17, 15) is 13.2 Å². The lowest BCUT2D eigenvalue weighted by atomic mass is 10.2. The van der Waals surface area contributed by atoms with Crippen molar-refractivity contribution in [1.82, 2.24) is 4.72 Å². The first-order chi connectivity index (χ1) is 6.85. The van der Waals surface area contributed by atoms with Crippen molar-refractivity contribution in [3.63, 3.8) is 0 Å². The van der Waals surface area contributed by atoms with E-state index < -0.39 is 10.0 Å². The molecule has 0 aromatic rings. The number of carbonyl (C=O) groups excluding carboxylic acids is 1. The first-order valence-electron chi connectivity index (χ1n) is 5.40. The second kappa shape index (κ2) is 4.51. The quantitative estimate of drug-likeness (QED) is 0.774. The van der Waals surface area contributed by atoms with Gasteiger partial charge in [0.05, 0.1) is 5.75 Å². The van der Waals surface area contributed by atoms with Gasteiger partial charge in [-0.15, -0.1) is 0 Å². The van der Waals surface area contributed by atoms with E-state index in [0.717, 1.165) is 12.8 Å². The highest BCUT2D eigenvalue weighted by molar-refractivity contribution is 7.90. The molecule has 5 heteroatoms. The van der Waals surface area contributed by atoms with Gasteiger partial charge in [0.1, 0.15) is 0 Å². The van der Waals surface area contributed by atoms with E-state index in [1.54, 1.807) is 0 Å². The van der Waals surface area contributed by atoms with Gasteiger partial charge in [-0.25, -0.2) is 8.42 Å². The third-order valence-electron chi connectivity index (χ3n) is 2.90. The second-order valence-corrected chi connectivity index (χ2v) is 6.35. The van der Waals surface area contributed by atoms with Crippen LogP contribution in [0.3, 0.4) is 0 Å². The summed E-state index contributed by atoms with van der Waals surface area (Å²) in [5.41, 5.74) is 0. The molecule has 0 bridgehead atoms. The van der Waals surface area contributed by atoms with Gasteiger partial charge in [0.15, 0.2) is 0 Å². The molecule has 0 aliphatic heterocycles. The van der Waals surface area contributed by atoms with Gasteiger partial charge >= 0.3 is 0 Å². The Balaban J connectivity index is 2.45. The molecule has 88 valence electrons. The van der Waals surface area contributed by atoms with Crippen molar-refractivity contribution in [2.45, 2.75) is 33.6 Å². The lowest BCUT2D eigenvalue weighted by molar-refractivity contribution is -0.120. The van der Waals surface area contributed by atoms with Gasteiger partial charge in [-0.05, 0) is 18.3 Å². The summed E-state index contributed by atoms with van der Waals surface area (Å²) in [7, 11) is -3.42. The van der Waals surface area contributed by atoms with Gasteiger partial charge in [0, 0.05) is 5.92 Å². The summed E-state index contributed by atoms with van der Waals surface area (Å²) in [6.07, 6.45) is 1.61. The Morgan fingerprint density at radius 2 is 2.07 bits per heavy atom. The van der Waals surface area contributed by atoms with E-state index in [1.807, 2.05) is 20.8 Å². The molecule has 0 unspecified atom stereocenters. The fourth-order valence-corrected chi connectivity index (χ4v) is 2.98. The Bertz CT molecular complexity index is 337. The van der Waals surface area contributed by atoms with Crippen molar-refractivity contribution < 1.29 is 13.2 Å². The molecular formula is C10H19NO3S. The zero-order chi connectivity index (χ0) is 11.6. The van der Waals surface area contributed by atoms with Crippen molar-refractivity contribution in [1.29, 1.82) is 0 Å².